The van der Waals surface area contributed by atoms with Crippen molar-refractivity contribution in [3.05, 3.63) is 95.8 Å². The van der Waals surface area contributed by atoms with Gasteiger partial charge in [0.05, 0.1) is 18.2 Å². The van der Waals surface area contributed by atoms with E-state index in [1.165, 1.54) is 0 Å². The van der Waals surface area contributed by atoms with Gasteiger partial charge in [-0.1, -0.05) is 48.5 Å². The summed E-state index contributed by atoms with van der Waals surface area (Å²) in [6, 6.07) is 22.1. The zero-order valence-electron chi connectivity index (χ0n) is 17.7. The Morgan fingerprint density at radius 3 is 2.34 bits per heavy atom. The molecule has 164 valence electrons. The summed E-state index contributed by atoms with van der Waals surface area (Å²) in [6.45, 7) is 1.64. The van der Waals surface area contributed by atoms with Crippen LogP contribution >= 0.6 is 11.8 Å². The van der Waals surface area contributed by atoms with Crippen LogP contribution in [0.1, 0.15) is 22.9 Å². The molecule has 1 aromatic heterocycles. The molecule has 1 fully saturated rings. The Morgan fingerprint density at radius 2 is 1.66 bits per heavy atom. The van der Waals surface area contributed by atoms with Crippen LogP contribution in [-0.4, -0.2) is 46.4 Å². The van der Waals surface area contributed by atoms with Crippen LogP contribution in [0.4, 0.5) is 10.5 Å². The molecule has 3 amide bonds. The van der Waals surface area contributed by atoms with Gasteiger partial charge in [-0.15, -0.1) is 0 Å². The Hall–Kier alpha value is -3.32. The maximum absolute atomic E-state index is 12.7. The summed E-state index contributed by atoms with van der Waals surface area (Å²) in [6.07, 6.45) is 2.10. The van der Waals surface area contributed by atoms with Crippen LogP contribution in [0.15, 0.2) is 79.0 Å². The van der Waals surface area contributed by atoms with Crippen molar-refractivity contribution in [1.29, 1.82) is 0 Å². The summed E-state index contributed by atoms with van der Waals surface area (Å²) in [5.74, 6) is 2.17. The minimum atomic E-state index is -0.364. The zero-order chi connectivity index (χ0) is 22.2. The summed E-state index contributed by atoms with van der Waals surface area (Å²) in [5, 5.41) is 5.89. The summed E-state index contributed by atoms with van der Waals surface area (Å²) >= 11 is 1.89. The summed E-state index contributed by atoms with van der Waals surface area (Å²) in [4.78, 5) is 31.5. The molecule has 2 heterocycles. The van der Waals surface area contributed by atoms with E-state index >= 15 is 0 Å². The van der Waals surface area contributed by atoms with Crippen molar-refractivity contribution in [3.63, 3.8) is 0 Å². The molecule has 1 aliphatic heterocycles. The van der Waals surface area contributed by atoms with Gasteiger partial charge in [0.1, 0.15) is 0 Å². The fourth-order valence-electron chi connectivity index (χ4n) is 3.62. The minimum absolute atomic E-state index is 0.157. The van der Waals surface area contributed by atoms with E-state index in [1.807, 2.05) is 89.5 Å². The number of nitrogens with one attached hydrogen (secondary N) is 2. The second-order valence-corrected chi connectivity index (χ2v) is 8.79. The third-order valence-corrected chi connectivity index (χ3v) is 6.27. The van der Waals surface area contributed by atoms with Crippen LogP contribution in [0, 0.1) is 0 Å². The highest BCUT2D eigenvalue weighted by Crippen LogP contribution is 2.20. The molecule has 0 bridgehead atoms. The first-order valence-corrected chi connectivity index (χ1v) is 11.8. The Morgan fingerprint density at radius 1 is 0.938 bits per heavy atom. The van der Waals surface area contributed by atoms with E-state index in [1.54, 1.807) is 6.20 Å². The van der Waals surface area contributed by atoms with Crippen LogP contribution in [0.25, 0.3) is 0 Å². The first-order chi connectivity index (χ1) is 15.7. The van der Waals surface area contributed by atoms with E-state index < -0.39 is 0 Å². The van der Waals surface area contributed by atoms with Gasteiger partial charge in [0.2, 0.25) is 5.91 Å². The Kier molecular flexibility index (Phi) is 7.40. The second kappa shape index (κ2) is 10.8. The molecule has 32 heavy (non-hydrogen) atoms. The quantitative estimate of drug-likeness (QED) is 0.598. The maximum atomic E-state index is 12.7. The summed E-state index contributed by atoms with van der Waals surface area (Å²) in [7, 11) is 0. The number of aromatic nitrogens is 1. The lowest BCUT2D eigenvalue weighted by Crippen LogP contribution is -2.38. The molecular formula is C25H26N4O2S. The number of pyridine rings is 1. The molecule has 1 saturated heterocycles. The zero-order valence-corrected chi connectivity index (χ0v) is 18.6. The van der Waals surface area contributed by atoms with Crippen LogP contribution in [0.5, 0.6) is 0 Å². The van der Waals surface area contributed by atoms with E-state index in [0.29, 0.717) is 12.1 Å². The second-order valence-electron chi connectivity index (χ2n) is 7.56. The van der Waals surface area contributed by atoms with Crippen LogP contribution in [0.2, 0.25) is 0 Å². The molecular weight excluding hydrogens is 420 g/mol. The topological polar surface area (TPSA) is 74.3 Å². The Labute approximate surface area is 192 Å². The van der Waals surface area contributed by atoms with Crippen molar-refractivity contribution in [2.75, 3.05) is 29.9 Å². The Bertz CT molecular complexity index is 983. The molecule has 1 unspecified atom stereocenters. The van der Waals surface area contributed by atoms with Crippen molar-refractivity contribution in [2.45, 2.75) is 12.5 Å². The lowest BCUT2D eigenvalue weighted by molar-refractivity contribution is -0.130. The number of hydrogen-bond donors (Lipinski definition) is 2. The average molecular weight is 447 g/mol. The number of carbonyl (C=O) groups excluding carboxylic acids is 2. The monoisotopic (exact) mass is 446 g/mol. The molecule has 0 radical (unpaired) electrons. The van der Waals surface area contributed by atoms with Gasteiger partial charge >= 0.3 is 6.03 Å². The highest BCUT2D eigenvalue weighted by atomic mass is 32.2. The average Bonchev–Trinajstić information content (AvgIpc) is 2.85. The van der Waals surface area contributed by atoms with Gasteiger partial charge in [0.25, 0.3) is 0 Å². The predicted molar refractivity (Wildman–Crippen MR) is 129 cm³/mol. The van der Waals surface area contributed by atoms with E-state index in [4.69, 9.17) is 0 Å². The van der Waals surface area contributed by atoms with Gasteiger partial charge in [-0.3, -0.25) is 9.78 Å². The first-order valence-electron chi connectivity index (χ1n) is 10.7. The number of rotatable bonds is 6. The normalized spacial score (nSPS) is 14.4. The lowest BCUT2D eigenvalue weighted by Gasteiger charge is -2.26. The van der Waals surface area contributed by atoms with E-state index in [-0.39, 0.29) is 18.0 Å². The van der Waals surface area contributed by atoms with E-state index in [0.717, 1.165) is 41.4 Å². The molecule has 0 spiro atoms. The predicted octanol–water partition coefficient (Wildman–Crippen LogP) is 4.11. The van der Waals surface area contributed by atoms with Crippen molar-refractivity contribution in [3.8, 4) is 0 Å². The van der Waals surface area contributed by atoms with Gasteiger partial charge in [0, 0.05) is 36.5 Å². The Balaban J connectivity index is 1.38. The molecule has 6 nitrogen and oxygen atoms in total. The molecule has 0 aliphatic carbocycles. The van der Waals surface area contributed by atoms with Gasteiger partial charge in [0.15, 0.2) is 0 Å². The van der Waals surface area contributed by atoms with Gasteiger partial charge in [-0.2, -0.15) is 11.8 Å². The van der Waals surface area contributed by atoms with Crippen molar-refractivity contribution >= 4 is 29.4 Å². The largest absolute Gasteiger partial charge is 0.341 e. The first kappa shape index (κ1) is 21.9. The van der Waals surface area contributed by atoms with Crippen molar-refractivity contribution in [1.82, 2.24) is 15.2 Å². The standard InChI is InChI=1S/C25H26N4O2S/c30-23(29-14-16-32-17-15-29)18-19-9-11-21(12-10-19)27-25(31)28-24(20-6-2-1-3-7-20)22-8-4-5-13-26-22/h1-13,24H,14-18H2,(H2,27,28,31). The highest BCUT2D eigenvalue weighted by molar-refractivity contribution is 7.99. The summed E-state index contributed by atoms with van der Waals surface area (Å²) in [5.41, 5.74) is 3.32. The van der Waals surface area contributed by atoms with Crippen LogP contribution < -0.4 is 10.6 Å². The van der Waals surface area contributed by atoms with Crippen molar-refractivity contribution < 1.29 is 9.59 Å². The number of nitrogens with zero attached hydrogens (tertiary/aromatic N) is 2. The van der Waals surface area contributed by atoms with Gasteiger partial charge in [-0.05, 0) is 35.4 Å². The SMILES string of the molecule is O=C(Nc1ccc(CC(=O)N2CCSCC2)cc1)NC(c1ccccc1)c1ccccn1. The van der Waals surface area contributed by atoms with Crippen LogP contribution in [0.3, 0.4) is 0 Å². The fourth-order valence-corrected chi connectivity index (χ4v) is 4.53. The van der Waals surface area contributed by atoms with Gasteiger partial charge < -0.3 is 15.5 Å². The number of carbonyl (C=O) groups is 2. The molecule has 2 N–H and O–H groups in total. The number of hydrogen-bond acceptors (Lipinski definition) is 4. The molecule has 0 saturated carbocycles. The minimum Gasteiger partial charge on any atom is -0.341 e. The smallest absolute Gasteiger partial charge is 0.320 e. The number of thioether (sulfide) groups is 1. The molecule has 1 atom stereocenters. The lowest BCUT2D eigenvalue weighted by atomic mass is 10.0. The summed E-state index contributed by atoms with van der Waals surface area (Å²) < 4.78 is 0. The molecule has 7 heteroatoms. The molecule has 2 aromatic carbocycles. The number of anilines is 1. The van der Waals surface area contributed by atoms with E-state index in [9.17, 15) is 9.59 Å². The maximum Gasteiger partial charge on any atom is 0.320 e. The number of urea groups is 1. The molecule has 3 aromatic rings. The molecule has 1 aliphatic rings. The van der Waals surface area contributed by atoms with Crippen LogP contribution in [-0.2, 0) is 11.2 Å². The van der Waals surface area contributed by atoms with Crippen molar-refractivity contribution in [2.24, 2.45) is 0 Å². The van der Waals surface area contributed by atoms with E-state index in [2.05, 4.69) is 15.6 Å². The highest BCUT2D eigenvalue weighted by Gasteiger charge is 2.19. The third kappa shape index (κ3) is 5.88. The molecule has 4 rings (SSSR count). The number of amides is 3. The third-order valence-electron chi connectivity index (χ3n) is 5.32. The van der Waals surface area contributed by atoms with Gasteiger partial charge in [-0.25, -0.2) is 4.79 Å². The number of benzene rings is 2. The fraction of sp³-hybridized carbons (Fsp3) is 0.240.